The van der Waals surface area contributed by atoms with Crippen LogP contribution in [0.4, 0.5) is 0 Å². The number of rotatable bonds is 1. The zero-order valence-electron chi connectivity index (χ0n) is 7.38. The van der Waals surface area contributed by atoms with Crippen LogP contribution >= 0.6 is 0 Å². The summed E-state index contributed by atoms with van der Waals surface area (Å²) in [7, 11) is 0. The summed E-state index contributed by atoms with van der Waals surface area (Å²) in [6, 6.07) is 0.498. The number of carbonyl (C=O) groups is 1. The minimum Gasteiger partial charge on any atom is -0.354 e. The summed E-state index contributed by atoms with van der Waals surface area (Å²) in [6.45, 7) is 3.26. The van der Waals surface area contributed by atoms with Crippen molar-refractivity contribution < 1.29 is 4.79 Å². The van der Waals surface area contributed by atoms with Gasteiger partial charge in [0.25, 0.3) is 0 Å². The van der Waals surface area contributed by atoms with Gasteiger partial charge in [-0.25, -0.2) is 0 Å². The maximum atomic E-state index is 11.0. The van der Waals surface area contributed by atoms with Gasteiger partial charge in [0.1, 0.15) is 0 Å². The Labute approximate surface area is 73.1 Å². The van der Waals surface area contributed by atoms with Crippen molar-refractivity contribution in [2.75, 3.05) is 19.6 Å². The lowest BCUT2D eigenvalue weighted by atomic mass is 10.1. The molecule has 0 saturated carbocycles. The fraction of sp³-hybridized carbons (Fsp3) is 0.889. The number of carbonyl (C=O) groups excluding carboxylic acids is 1. The van der Waals surface area contributed by atoms with E-state index in [1.54, 1.807) is 0 Å². The van der Waals surface area contributed by atoms with Crippen LogP contribution in [-0.4, -0.2) is 36.5 Å². The van der Waals surface area contributed by atoms with Gasteiger partial charge < -0.3 is 5.32 Å². The molecule has 0 aromatic heterocycles. The summed E-state index contributed by atoms with van der Waals surface area (Å²) in [5, 5.41) is 2.89. The van der Waals surface area contributed by atoms with E-state index in [9.17, 15) is 4.79 Å². The summed E-state index contributed by atoms with van der Waals surface area (Å²) >= 11 is 0. The van der Waals surface area contributed by atoms with Gasteiger partial charge in [0.05, 0.1) is 0 Å². The number of nitrogens with zero attached hydrogens (tertiary/aromatic N) is 1. The molecule has 0 spiro atoms. The van der Waals surface area contributed by atoms with E-state index >= 15 is 0 Å². The molecule has 0 radical (unpaired) electrons. The van der Waals surface area contributed by atoms with Gasteiger partial charge in [0, 0.05) is 19.0 Å². The smallest absolute Gasteiger partial charge is 0.221 e. The molecule has 2 saturated heterocycles. The van der Waals surface area contributed by atoms with Crippen LogP contribution in [0.5, 0.6) is 0 Å². The maximum Gasteiger partial charge on any atom is 0.221 e. The van der Waals surface area contributed by atoms with E-state index in [2.05, 4.69) is 10.2 Å². The lowest BCUT2D eigenvalue weighted by molar-refractivity contribution is -0.119. The van der Waals surface area contributed by atoms with Crippen molar-refractivity contribution in [1.82, 2.24) is 10.2 Å². The predicted molar refractivity (Wildman–Crippen MR) is 46.8 cm³/mol. The molecule has 12 heavy (non-hydrogen) atoms. The van der Waals surface area contributed by atoms with Gasteiger partial charge in [-0.2, -0.15) is 0 Å². The van der Waals surface area contributed by atoms with E-state index in [0.29, 0.717) is 6.04 Å². The van der Waals surface area contributed by atoms with Crippen molar-refractivity contribution in [2.24, 2.45) is 0 Å². The molecule has 0 aromatic carbocycles. The minimum absolute atomic E-state index is 0.227. The number of amides is 1. The quantitative estimate of drug-likeness (QED) is 0.613. The van der Waals surface area contributed by atoms with Crippen LogP contribution in [0, 0.1) is 0 Å². The average Bonchev–Trinajstić information content (AvgIpc) is 2.54. The molecular formula is C9H16N2O. The first-order valence-corrected chi connectivity index (χ1v) is 4.87. The van der Waals surface area contributed by atoms with Crippen molar-refractivity contribution >= 4 is 5.91 Å². The SMILES string of the molecule is O=C1CC(N2CCCCC2)CN1. The van der Waals surface area contributed by atoms with Crippen LogP contribution in [-0.2, 0) is 4.79 Å². The Kier molecular flexibility index (Phi) is 2.30. The summed E-state index contributed by atoms with van der Waals surface area (Å²) < 4.78 is 0. The van der Waals surface area contributed by atoms with Crippen molar-refractivity contribution in [3.05, 3.63) is 0 Å². The van der Waals surface area contributed by atoms with Gasteiger partial charge in [0.15, 0.2) is 0 Å². The molecule has 1 atom stereocenters. The first-order chi connectivity index (χ1) is 5.86. The molecule has 1 amide bonds. The molecule has 1 N–H and O–H groups in total. The lowest BCUT2D eigenvalue weighted by Crippen LogP contribution is -2.40. The Morgan fingerprint density at radius 1 is 1.25 bits per heavy atom. The summed E-state index contributed by atoms with van der Waals surface area (Å²) in [4.78, 5) is 13.4. The van der Waals surface area contributed by atoms with E-state index < -0.39 is 0 Å². The summed E-state index contributed by atoms with van der Waals surface area (Å²) in [5.41, 5.74) is 0. The van der Waals surface area contributed by atoms with E-state index in [-0.39, 0.29) is 5.91 Å². The van der Waals surface area contributed by atoms with Gasteiger partial charge in [-0.05, 0) is 25.9 Å². The third-order valence-corrected chi connectivity index (χ3v) is 2.86. The Hall–Kier alpha value is -0.570. The molecule has 3 heteroatoms. The van der Waals surface area contributed by atoms with Gasteiger partial charge in [0.2, 0.25) is 5.91 Å². The summed E-state index contributed by atoms with van der Waals surface area (Å²) in [5.74, 6) is 0.227. The largest absolute Gasteiger partial charge is 0.354 e. The third kappa shape index (κ3) is 1.61. The second-order valence-corrected chi connectivity index (χ2v) is 3.76. The van der Waals surface area contributed by atoms with E-state index in [1.165, 1.54) is 32.4 Å². The van der Waals surface area contributed by atoms with Crippen LogP contribution in [0.15, 0.2) is 0 Å². The topological polar surface area (TPSA) is 32.3 Å². The van der Waals surface area contributed by atoms with Crippen LogP contribution in [0.3, 0.4) is 0 Å². The molecule has 0 aromatic rings. The standard InChI is InChI=1S/C9H16N2O/c12-9-6-8(7-10-9)11-4-2-1-3-5-11/h8H,1-7H2,(H,10,12). The number of likely N-dealkylation sites (tertiary alicyclic amines) is 1. The first-order valence-electron chi connectivity index (χ1n) is 4.87. The second-order valence-electron chi connectivity index (χ2n) is 3.76. The number of hydrogen-bond acceptors (Lipinski definition) is 2. The lowest BCUT2D eigenvalue weighted by Gasteiger charge is -2.30. The second kappa shape index (κ2) is 3.44. The number of nitrogens with one attached hydrogen (secondary N) is 1. The van der Waals surface area contributed by atoms with E-state index in [4.69, 9.17) is 0 Å². The molecule has 0 aliphatic carbocycles. The highest BCUT2D eigenvalue weighted by atomic mass is 16.1. The van der Waals surface area contributed by atoms with Crippen LogP contribution in [0.1, 0.15) is 25.7 Å². The molecule has 2 heterocycles. The van der Waals surface area contributed by atoms with Gasteiger partial charge >= 0.3 is 0 Å². The molecule has 68 valence electrons. The van der Waals surface area contributed by atoms with Crippen molar-refractivity contribution in [3.8, 4) is 0 Å². The van der Waals surface area contributed by atoms with E-state index in [0.717, 1.165) is 13.0 Å². The first kappa shape index (κ1) is 8.05. The number of piperidine rings is 1. The monoisotopic (exact) mass is 168 g/mol. The fourth-order valence-electron chi connectivity index (χ4n) is 2.13. The highest BCUT2D eigenvalue weighted by Gasteiger charge is 2.27. The average molecular weight is 168 g/mol. The van der Waals surface area contributed by atoms with Crippen LogP contribution < -0.4 is 5.32 Å². The molecule has 3 nitrogen and oxygen atoms in total. The zero-order valence-corrected chi connectivity index (χ0v) is 7.38. The molecule has 1 unspecified atom stereocenters. The Balaban J connectivity index is 1.86. The Morgan fingerprint density at radius 3 is 2.58 bits per heavy atom. The van der Waals surface area contributed by atoms with Gasteiger partial charge in [-0.3, -0.25) is 9.69 Å². The molecule has 2 rings (SSSR count). The van der Waals surface area contributed by atoms with Crippen molar-refractivity contribution in [3.63, 3.8) is 0 Å². The Bertz CT molecular complexity index is 175. The molecule has 2 aliphatic rings. The molecule has 2 aliphatic heterocycles. The third-order valence-electron chi connectivity index (χ3n) is 2.86. The number of hydrogen-bond donors (Lipinski definition) is 1. The van der Waals surface area contributed by atoms with E-state index in [1.807, 2.05) is 0 Å². The Morgan fingerprint density at radius 2 is 2.00 bits per heavy atom. The van der Waals surface area contributed by atoms with Gasteiger partial charge in [-0.1, -0.05) is 6.42 Å². The van der Waals surface area contributed by atoms with Gasteiger partial charge in [-0.15, -0.1) is 0 Å². The fourth-order valence-corrected chi connectivity index (χ4v) is 2.13. The van der Waals surface area contributed by atoms with Crippen molar-refractivity contribution in [2.45, 2.75) is 31.7 Å². The zero-order chi connectivity index (χ0) is 8.39. The van der Waals surface area contributed by atoms with Crippen LogP contribution in [0.25, 0.3) is 0 Å². The van der Waals surface area contributed by atoms with Crippen LogP contribution in [0.2, 0.25) is 0 Å². The maximum absolute atomic E-state index is 11.0. The van der Waals surface area contributed by atoms with Crippen molar-refractivity contribution in [1.29, 1.82) is 0 Å². The predicted octanol–water partition coefficient (Wildman–Crippen LogP) is 0.361. The summed E-state index contributed by atoms with van der Waals surface area (Å²) in [6.07, 6.45) is 4.71. The molecule has 0 bridgehead atoms. The minimum atomic E-state index is 0.227. The normalized spacial score (nSPS) is 32.0. The highest BCUT2D eigenvalue weighted by Crippen LogP contribution is 2.16. The highest BCUT2D eigenvalue weighted by molar-refractivity contribution is 5.78. The molecule has 2 fully saturated rings. The molecular weight excluding hydrogens is 152 g/mol.